The van der Waals surface area contributed by atoms with E-state index in [1.165, 1.54) is 12.3 Å². The molecule has 6 nitrogen and oxygen atoms in total. The highest BCUT2D eigenvalue weighted by atomic mass is 16.3. The number of ketones is 1. The Morgan fingerprint density at radius 1 is 1.53 bits per heavy atom. The summed E-state index contributed by atoms with van der Waals surface area (Å²) in [6.45, 7) is 1.93. The van der Waals surface area contributed by atoms with Crippen molar-refractivity contribution in [2.75, 3.05) is 0 Å². The summed E-state index contributed by atoms with van der Waals surface area (Å²) in [6, 6.07) is 2.80. The average molecular weight is 261 g/mol. The predicted octanol–water partition coefficient (Wildman–Crippen LogP) is 1.46. The van der Waals surface area contributed by atoms with Crippen LogP contribution in [0.2, 0.25) is 0 Å². The molecule has 0 saturated heterocycles. The lowest BCUT2D eigenvalue weighted by Gasteiger charge is -2.14. The molecule has 2 rings (SSSR count). The van der Waals surface area contributed by atoms with Gasteiger partial charge in [0.05, 0.1) is 18.5 Å². The van der Waals surface area contributed by atoms with Gasteiger partial charge in [-0.3, -0.25) is 14.3 Å². The topological polar surface area (TPSA) is 77.1 Å². The fraction of sp³-hybridized carbons (Fsp3) is 0.308. The summed E-state index contributed by atoms with van der Waals surface area (Å²) in [7, 11) is 1.80. The number of aromatic nitrogens is 2. The van der Waals surface area contributed by atoms with Crippen LogP contribution in [0.1, 0.15) is 35.5 Å². The normalized spacial score (nSPS) is 12.1. The highest BCUT2D eigenvalue weighted by Gasteiger charge is 2.22. The van der Waals surface area contributed by atoms with E-state index < -0.39 is 11.7 Å². The van der Waals surface area contributed by atoms with Crippen molar-refractivity contribution in [3.05, 3.63) is 42.1 Å². The van der Waals surface area contributed by atoms with E-state index in [9.17, 15) is 9.59 Å². The van der Waals surface area contributed by atoms with Gasteiger partial charge in [-0.1, -0.05) is 6.92 Å². The molecule has 1 atom stereocenters. The molecule has 0 saturated carbocycles. The van der Waals surface area contributed by atoms with E-state index in [2.05, 4.69) is 10.4 Å². The molecule has 2 heterocycles. The lowest BCUT2D eigenvalue weighted by molar-refractivity contribution is -0.117. The third kappa shape index (κ3) is 2.90. The van der Waals surface area contributed by atoms with Crippen LogP contribution in [0.15, 0.2) is 35.2 Å². The molecule has 100 valence electrons. The molecule has 0 bridgehead atoms. The van der Waals surface area contributed by atoms with Crippen LogP contribution >= 0.6 is 0 Å². The summed E-state index contributed by atoms with van der Waals surface area (Å²) in [5, 5.41) is 6.73. The standard InChI is InChI=1S/C13H15N3O3/c1-3-10(9-7-14-16(2)8-9)15-13(18)12(17)11-5-4-6-19-11/h4-8,10H,3H2,1-2H3,(H,15,18)/t10-/m0/s1. The Labute approximate surface area is 110 Å². The maximum atomic E-state index is 11.8. The largest absolute Gasteiger partial charge is 0.461 e. The van der Waals surface area contributed by atoms with Gasteiger partial charge in [0.1, 0.15) is 0 Å². The Balaban J connectivity index is 2.06. The van der Waals surface area contributed by atoms with E-state index in [4.69, 9.17) is 4.42 Å². The van der Waals surface area contributed by atoms with Crippen molar-refractivity contribution in [2.24, 2.45) is 7.05 Å². The quantitative estimate of drug-likeness (QED) is 0.653. The monoisotopic (exact) mass is 261 g/mol. The maximum absolute atomic E-state index is 11.8. The van der Waals surface area contributed by atoms with Crippen molar-refractivity contribution in [1.82, 2.24) is 15.1 Å². The molecular formula is C13H15N3O3. The number of Topliss-reactive ketones (excluding diaryl/α,β-unsaturated/α-hetero) is 1. The first-order valence-electron chi connectivity index (χ1n) is 5.99. The van der Waals surface area contributed by atoms with E-state index in [-0.39, 0.29) is 11.8 Å². The molecule has 0 aromatic carbocycles. The van der Waals surface area contributed by atoms with Crippen molar-refractivity contribution in [1.29, 1.82) is 0 Å². The van der Waals surface area contributed by atoms with Gasteiger partial charge in [0.2, 0.25) is 0 Å². The molecule has 1 N–H and O–H groups in total. The minimum Gasteiger partial charge on any atom is -0.461 e. The van der Waals surface area contributed by atoms with Crippen molar-refractivity contribution in [2.45, 2.75) is 19.4 Å². The number of carbonyl (C=O) groups is 2. The Morgan fingerprint density at radius 2 is 2.32 bits per heavy atom. The number of furan rings is 1. The summed E-state index contributed by atoms with van der Waals surface area (Å²) in [6.07, 6.45) is 5.51. The summed E-state index contributed by atoms with van der Waals surface area (Å²) in [4.78, 5) is 23.6. The van der Waals surface area contributed by atoms with Gasteiger partial charge in [-0.25, -0.2) is 0 Å². The van der Waals surface area contributed by atoms with E-state index in [0.717, 1.165) is 5.56 Å². The molecule has 0 aliphatic rings. The van der Waals surface area contributed by atoms with Crippen molar-refractivity contribution in [3.8, 4) is 0 Å². The molecule has 0 aliphatic heterocycles. The van der Waals surface area contributed by atoms with Gasteiger partial charge < -0.3 is 9.73 Å². The minimum absolute atomic E-state index is 0.0403. The fourth-order valence-electron chi connectivity index (χ4n) is 1.78. The zero-order chi connectivity index (χ0) is 13.8. The minimum atomic E-state index is -0.675. The van der Waals surface area contributed by atoms with Gasteiger partial charge in [0.15, 0.2) is 5.76 Å². The zero-order valence-electron chi connectivity index (χ0n) is 10.8. The zero-order valence-corrected chi connectivity index (χ0v) is 10.8. The number of amides is 1. The first-order chi connectivity index (χ1) is 9.11. The number of rotatable bonds is 5. The lowest BCUT2D eigenvalue weighted by Crippen LogP contribution is -2.33. The molecule has 2 aromatic heterocycles. The van der Waals surface area contributed by atoms with Crippen LogP contribution in [0.25, 0.3) is 0 Å². The van der Waals surface area contributed by atoms with Crippen molar-refractivity contribution < 1.29 is 14.0 Å². The number of carbonyl (C=O) groups excluding carboxylic acids is 2. The highest BCUT2D eigenvalue weighted by molar-refractivity contribution is 6.42. The molecule has 19 heavy (non-hydrogen) atoms. The first kappa shape index (κ1) is 13.1. The van der Waals surface area contributed by atoms with Crippen LogP contribution in [0.3, 0.4) is 0 Å². The predicted molar refractivity (Wildman–Crippen MR) is 67.4 cm³/mol. The number of nitrogens with zero attached hydrogens (tertiary/aromatic N) is 2. The Morgan fingerprint density at radius 3 is 2.84 bits per heavy atom. The number of aryl methyl sites for hydroxylation is 1. The fourth-order valence-corrected chi connectivity index (χ4v) is 1.78. The van der Waals surface area contributed by atoms with Gasteiger partial charge in [0.25, 0.3) is 11.7 Å². The summed E-state index contributed by atoms with van der Waals surface area (Å²) in [5.74, 6) is -1.31. The van der Waals surface area contributed by atoms with Crippen LogP contribution in [0.5, 0.6) is 0 Å². The SMILES string of the molecule is CC[C@H](NC(=O)C(=O)c1ccco1)c1cnn(C)c1. The first-order valence-corrected chi connectivity index (χ1v) is 5.99. The van der Waals surface area contributed by atoms with Crippen LogP contribution < -0.4 is 5.32 Å². The number of hydrogen-bond donors (Lipinski definition) is 1. The molecular weight excluding hydrogens is 246 g/mol. The Hall–Kier alpha value is -2.37. The third-order valence-electron chi connectivity index (χ3n) is 2.79. The maximum Gasteiger partial charge on any atom is 0.296 e. The van der Waals surface area contributed by atoms with Crippen molar-refractivity contribution in [3.63, 3.8) is 0 Å². The van der Waals surface area contributed by atoms with Gasteiger partial charge in [-0.2, -0.15) is 5.10 Å². The Bertz CT molecular complexity index is 572. The lowest BCUT2D eigenvalue weighted by atomic mass is 10.1. The molecule has 0 fully saturated rings. The average Bonchev–Trinajstić information content (AvgIpc) is 3.05. The highest BCUT2D eigenvalue weighted by Crippen LogP contribution is 2.15. The second kappa shape index (κ2) is 5.51. The van der Waals surface area contributed by atoms with Gasteiger partial charge in [0, 0.05) is 18.8 Å². The van der Waals surface area contributed by atoms with Gasteiger partial charge in [-0.05, 0) is 18.6 Å². The molecule has 0 unspecified atom stereocenters. The Kier molecular flexibility index (Phi) is 3.79. The van der Waals surface area contributed by atoms with Crippen LogP contribution in [0.4, 0.5) is 0 Å². The molecule has 2 aromatic rings. The van der Waals surface area contributed by atoms with Gasteiger partial charge in [-0.15, -0.1) is 0 Å². The molecule has 0 aliphatic carbocycles. The summed E-state index contributed by atoms with van der Waals surface area (Å²) >= 11 is 0. The van der Waals surface area contributed by atoms with E-state index in [1.807, 2.05) is 13.1 Å². The smallest absolute Gasteiger partial charge is 0.296 e. The van der Waals surface area contributed by atoms with E-state index in [1.54, 1.807) is 24.0 Å². The van der Waals surface area contributed by atoms with E-state index in [0.29, 0.717) is 6.42 Å². The van der Waals surface area contributed by atoms with Crippen LogP contribution in [-0.2, 0) is 11.8 Å². The molecule has 0 radical (unpaired) electrons. The molecule has 0 spiro atoms. The summed E-state index contributed by atoms with van der Waals surface area (Å²) < 4.78 is 6.57. The second-order valence-electron chi connectivity index (χ2n) is 4.19. The molecule has 6 heteroatoms. The van der Waals surface area contributed by atoms with Gasteiger partial charge >= 0.3 is 0 Å². The molecule has 1 amide bonds. The van der Waals surface area contributed by atoms with E-state index >= 15 is 0 Å². The third-order valence-corrected chi connectivity index (χ3v) is 2.79. The van der Waals surface area contributed by atoms with Crippen molar-refractivity contribution >= 4 is 11.7 Å². The number of hydrogen-bond acceptors (Lipinski definition) is 4. The summed E-state index contributed by atoms with van der Waals surface area (Å²) in [5.41, 5.74) is 0.866. The van der Waals surface area contributed by atoms with Crippen LogP contribution in [0, 0.1) is 0 Å². The van der Waals surface area contributed by atoms with Crippen LogP contribution in [-0.4, -0.2) is 21.5 Å². The second-order valence-corrected chi connectivity index (χ2v) is 4.19. The number of nitrogens with one attached hydrogen (secondary N) is 1.